The van der Waals surface area contributed by atoms with Gasteiger partial charge in [-0.05, 0) is 57.9 Å². The molecule has 0 aromatic heterocycles. The Bertz CT molecular complexity index is 719. The number of urea groups is 1. The van der Waals surface area contributed by atoms with Crippen LogP contribution in [0.3, 0.4) is 0 Å². The van der Waals surface area contributed by atoms with Crippen LogP contribution < -0.4 is 14.8 Å². The van der Waals surface area contributed by atoms with Crippen LogP contribution in [0.4, 0.5) is 4.79 Å². The second kappa shape index (κ2) is 7.76. The number of carbonyl (C=O) groups is 2. The first-order valence-corrected chi connectivity index (χ1v) is 9.47. The molecule has 0 saturated carbocycles. The highest BCUT2D eigenvalue weighted by molar-refractivity contribution is 6.06. The Labute approximate surface area is 160 Å². The number of likely N-dealkylation sites (tertiary alicyclic amines) is 1. The Morgan fingerprint density at radius 2 is 1.96 bits per heavy atom. The number of nitrogens with zero attached hydrogens (tertiary/aromatic N) is 2. The summed E-state index contributed by atoms with van der Waals surface area (Å²) in [6.45, 7) is 5.73. The molecule has 1 aromatic rings. The van der Waals surface area contributed by atoms with Crippen molar-refractivity contribution in [3.63, 3.8) is 0 Å². The molecule has 0 spiro atoms. The summed E-state index contributed by atoms with van der Waals surface area (Å²) in [5.74, 6) is 1.53. The highest BCUT2D eigenvalue weighted by Crippen LogP contribution is 2.38. The van der Waals surface area contributed by atoms with E-state index in [1.165, 1.54) is 4.90 Å². The van der Waals surface area contributed by atoms with E-state index >= 15 is 0 Å². The zero-order chi connectivity index (χ0) is 19.6. The zero-order valence-corrected chi connectivity index (χ0v) is 16.6. The lowest BCUT2D eigenvalue weighted by molar-refractivity contribution is -0.130. The van der Waals surface area contributed by atoms with Gasteiger partial charge in [0.05, 0.1) is 14.2 Å². The molecule has 3 amide bonds. The third kappa shape index (κ3) is 3.88. The zero-order valence-electron chi connectivity index (χ0n) is 16.6. The van der Waals surface area contributed by atoms with Crippen LogP contribution in [0.2, 0.25) is 0 Å². The number of nitrogens with one attached hydrogen (secondary N) is 1. The average molecular weight is 375 g/mol. The van der Waals surface area contributed by atoms with Crippen LogP contribution in [-0.2, 0) is 4.79 Å². The second-order valence-corrected chi connectivity index (χ2v) is 7.67. The third-order valence-electron chi connectivity index (χ3n) is 5.43. The van der Waals surface area contributed by atoms with Crippen LogP contribution in [0.15, 0.2) is 18.2 Å². The summed E-state index contributed by atoms with van der Waals surface area (Å²) in [6.07, 6.45) is 2.92. The molecule has 2 heterocycles. The highest BCUT2D eigenvalue weighted by atomic mass is 16.5. The maximum absolute atomic E-state index is 12.3. The van der Waals surface area contributed by atoms with Gasteiger partial charge in [0.1, 0.15) is 17.0 Å². The number of methoxy groups -OCH3 is 2. The summed E-state index contributed by atoms with van der Waals surface area (Å²) in [7, 11) is 3.35. The van der Waals surface area contributed by atoms with E-state index < -0.39 is 5.54 Å². The van der Waals surface area contributed by atoms with Gasteiger partial charge >= 0.3 is 6.03 Å². The molecule has 0 unspecified atom stereocenters. The fraction of sp³-hybridized carbons (Fsp3) is 0.600. The number of amides is 3. The largest absolute Gasteiger partial charge is 0.497 e. The molecule has 0 radical (unpaired) electrons. The van der Waals surface area contributed by atoms with E-state index in [1.54, 1.807) is 28.1 Å². The minimum Gasteiger partial charge on any atom is -0.497 e. The van der Waals surface area contributed by atoms with Crippen molar-refractivity contribution in [1.29, 1.82) is 0 Å². The van der Waals surface area contributed by atoms with E-state index in [9.17, 15) is 9.59 Å². The first-order valence-electron chi connectivity index (χ1n) is 9.47. The predicted molar refractivity (Wildman–Crippen MR) is 102 cm³/mol. The fourth-order valence-corrected chi connectivity index (χ4v) is 4.00. The van der Waals surface area contributed by atoms with Crippen molar-refractivity contribution in [2.45, 2.75) is 44.7 Å². The number of hydrogen-bond donors (Lipinski definition) is 1. The molecule has 7 heteroatoms. The van der Waals surface area contributed by atoms with Gasteiger partial charge in [0.25, 0.3) is 5.91 Å². The Morgan fingerprint density at radius 3 is 2.59 bits per heavy atom. The quantitative estimate of drug-likeness (QED) is 0.742. The van der Waals surface area contributed by atoms with Crippen LogP contribution in [0.1, 0.15) is 44.7 Å². The van der Waals surface area contributed by atoms with Crippen LogP contribution in [0.25, 0.3) is 0 Å². The van der Waals surface area contributed by atoms with Crippen molar-refractivity contribution in [2.24, 2.45) is 0 Å². The summed E-state index contributed by atoms with van der Waals surface area (Å²) < 4.78 is 10.9. The molecule has 2 aliphatic heterocycles. The predicted octanol–water partition coefficient (Wildman–Crippen LogP) is 2.56. The number of ether oxygens (including phenoxy) is 2. The molecule has 2 fully saturated rings. The fourth-order valence-electron chi connectivity index (χ4n) is 4.00. The number of hydrogen-bond acceptors (Lipinski definition) is 5. The lowest BCUT2D eigenvalue weighted by Crippen LogP contribution is -2.40. The lowest BCUT2D eigenvalue weighted by atomic mass is 10.0. The van der Waals surface area contributed by atoms with Crippen molar-refractivity contribution >= 4 is 11.9 Å². The molecule has 1 atom stereocenters. The Balaban J connectivity index is 1.64. The van der Waals surface area contributed by atoms with Crippen molar-refractivity contribution in [3.8, 4) is 11.5 Å². The van der Waals surface area contributed by atoms with E-state index in [0.29, 0.717) is 6.54 Å². The minimum absolute atomic E-state index is 0.153. The molecule has 27 heavy (non-hydrogen) atoms. The van der Waals surface area contributed by atoms with Crippen molar-refractivity contribution in [2.75, 3.05) is 33.9 Å². The second-order valence-electron chi connectivity index (χ2n) is 7.67. The Kier molecular flexibility index (Phi) is 5.60. The molecule has 148 valence electrons. The summed E-state index contributed by atoms with van der Waals surface area (Å²) in [5, 5.41) is 2.73. The Morgan fingerprint density at radius 1 is 1.19 bits per heavy atom. The first-order chi connectivity index (χ1) is 12.9. The monoisotopic (exact) mass is 375 g/mol. The van der Waals surface area contributed by atoms with Gasteiger partial charge < -0.3 is 14.8 Å². The molecule has 2 aliphatic rings. The lowest BCUT2D eigenvalue weighted by Gasteiger charge is -2.27. The van der Waals surface area contributed by atoms with Crippen molar-refractivity contribution < 1.29 is 19.1 Å². The molecule has 0 bridgehead atoms. The third-order valence-corrected chi connectivity index (χ3v) is 5.43. The van der Waals surface area contributed by atoms with E-state index in [0.717, 1.165) is 49.4 Å². The van der Waals surface area contributed by atoms with Crippen molar-refractivity contribution in [1.82, 2.24) is 15.1 Å². The molecule has 1 aromatic carbocycles. The van der Waals surface area contributed by atoms with Gasteiger partial charge in [-0.3, -0.25) is 14.6 Å². The van der Waals surface area contributed by atoms with E-state index in [-0.39, 0.29) is 18.0 Å². The van der Waals surface area contributed by atoms with Gasteiger partial charge in [0.2, 0.25) is 0 Å². The summed E-state index contributed by atoms with van der Waals surface area (Å²) in [5.41, 5.74) is 0.326. The summed E-state index contributed by atoms with van der Waals surface area (Å²) in [4.78, 5) is 28.1. The van der Waals surface area contributed by atoms with Crippen LogP contribution >= 0.6 is 0 Å². The van der Waals surface area contributed by atoms with E-state index in [2.05, 4.69) is 10.2 Å². The SMILES string of the molecule is COc1ccc(OC)c([C@@H]2CCCN2CCCN2C(=O)NC(C)(C)C2=O)c1. The minimum atomic E-state index is -0.804. The van der Waals surface area contributed by atoms with Crippen LogP contribution in [0.5, 0.6) is 11.5 Å². The maximum Gasteiger partial charge on any atom is 0.325 e. The van der Waals surface area contributed by atoms with E-state index in [4.69, 9.17) is 9.47 Å². The molecule has 7 nitrogen and oxygen atoms in total. The van der Waals surface area contributed by atoms with Crippen molar-refractivity contribution in [3.05, 3.63) is 23.8 Å². The van der Waals surface area contributed by atoms with Crippen LogP contribution in [0, 0.1) is 0 Å². The van der Waals surface area contributed by atoms with Gasteiger partial charge in [0, 0.05) is 24.7 Å². The molecule has 1 N–H and O–H groups in total. The topological polar surface area (TPSA) is 71.1 Å². The summed E-state index contributed by atoms with van der Waals surface area (Å²) >= 11 is 0. The number of rotatable bonds is 7. The Hall–Kier alpha value is -2.28. The van der Waals surface area contributed by atoms with Gasteiger partial charge in [-0.25, -0.2) is 4.79 Å². The first kappa shape index (κ1) is 19.5. The van der Waals surface area contributed by atoms with Gasteiger partial charge in [-0.2, -0.15) is 0 Å². The van der Waals surface area contributed by atoms with Gasteiger partial charge in [-0.1, -0.05) is 0 Å². The average Bonchev–Trinajstić information content (AvgIpc) is 3.18. The number of benzene rings is 1. The highest BCUT2D eigenvalue weighted by Gasteiger charge is 2.43. The normalized spacial score (nSPS) is 22.2. The molecule has 3 rings (SSSR count). The number of carbonyl (C=O) groups excluding carboxylic acids is 2. The standard InChI is InChI=1S/C20H29N3O4/c1-20(2)18(24)23(19(25)21-20)12-6-11-22-10-5-7-16(22)15-13-14(26-3)8-9-17(15)27-4/h8-9,13,16H,5-7,10-12H2,1-4H3,(H,21,25)/t16-/m0/s1. The smallest absolute Gasteiger partial charge is 0.325 e. The molecular weight excluding hydrogens is 346 g/mol. The van der Waals surface area contributed by atoms with Gasteiger partial charge in [-0.15, -0.1) is 0 Å². The molecule has 0 aliphatic carbocycles. The molecular formula is C20H29N3O4. The van der Waals surface area contributed by atoms with Gasteiger partial charge in [0.15, 0.2) is 0 Å². The maximum atomic E-state index is 12.3. The van der Waals surface area contributed by atoms with Crippen LogP contribution in [-0.4, -0.2) is 61.1 Å². The summed E-state index contributed by atoms with van der Waals surface area (Å²) in [6, 6.07) is 5.86. The van der Waals surface area contributed by atoms with E-state index in [1.807, 2.05) is 18.2 Å². The number of imide groups is 1. The molecule has 2 saturated heterocycles.